The fourth-order valence-electron chi connectivity index (χ4n) is 2.79. The van der Waals surface area contributed by atoms with Crippen LogP contribution in [0.1, 0.15) is 31.9 Å². The van der Waals surface area contributed by atoms with Crippen LogP contribution in [0.25, 0.3) is 0 Å². The van der Waals surface area contributed by atoms with Gasteiger partial charge < -0.3 is 10.2 Å². The van der Waals surface area contributed by atoms with E-state index in [1.54, 1.807) is 0 Å². The summed E-state index contributed by atoms with van der Waals surface area (Å²) in [6.07, 6.45) is 1.49. The van der Waals surface area contributed by atoms with Crippen LogP contribution < -0.4 is 10.2 Å². The fraction of sp³-hybridized carbons (Fsp3) is 0.300. The molecule has 0 bridgehead atoms. The number of aryl methyl sites for hydroxylation is 2. The van der Waals surface area contributed by atoms with Crippen molar-refractivity contribution < 1.29 is 18.4 Å². The van der Waals surface area contributed by atoms with Gasteiger partial charge in [0.05, 0.1) is 5.69 Å². The Hall–Kier alpha value is -2.76. The third-order valence-electron chi connectivity index (χ3n) is 4.15. The van der Waals surface area contributed by atoms with Crippen LogP contribution in [0.4, 0.5) is 20.2 Å². The van der Waals surface area contributed by atoms with Crippen LogP contribution in [0.5, 0.6) is 0 Å². The first-order valence-corrected chi connectivity index (χ1v) is 8.51. The standard InChI is InChI=1S/C20H22F2N2O2/c1-4-14-7-6-8-15(5-2)20(14)23-19(26)12-24(13(3)25)18-10-9-16(21)11-17(18)22/h6-11H,4-5,12H2,1-3H3,(H,23,26). The highest BCUT2D eigenvalue weighted by Gasteiger charge is 2.20. The third-order valence-corrected chi connectivity index (χ3v) is 4.15. The number of hydrogen-bond acceptors (Lipinski definition) is 2. The zero-order chi connectivity index (χ0) is 19.3. The monoisotopic (exact) mass is 360 g/mol. The second-order valence-electron chi connectivity index (χ2n) is 5.91. The number of carbonyl (C=O) groups is 2. The maximum Gasteiger partial charge on any atom is 0.244 e. The largest absolute Gasteiger partial charge is 0.324 e. The molecule has 4 nitrogen and oxygen atoms in total. The number of nitrogens with zero attached hydrogens (tertiary/aromatic N) is 1. The molecule has 0 atom stereocenters. The molecule has 0 spiro atoms. The molecule has 0 heterocycles. The normalized spacial score (nSPS) is 10.5. The second-order valence-corrected chi connectivity index (χ2v) is 5.91. The summed E-state index contributed by atoms with van der Waals surface area (Å²) in [7, 11) is 0. The molecule has 0 radical (unpaired) electrons. The Kier molecular flexibility index (Phi) is 6.44. The molecule has 0 unspecified atom stereocenters. The van der Waals surface area contributed by atoms with Crippen molar-refractivity contribution in [3.8, 4) is 0 Å². The summed E-state index contributed by atoms with van der Waals surface area (Å²) >= 11 is 0. The highest BCUT2D eigenvalue weighted by Crippen LogP contribution is 2.24. The molecule has 2 rings (SSSR count). The number of para-hydroxylation sites is 1. The number of nitrogens with one attached hydrogen (secondary N) is 1. The van der Waals surface area contributed by atoms with Crippen LogP contribution in [0.15, 0.2) is 36.4 Å². The van der Waals surface area contributed by atoms with E-state index in [0.29, 0.717) is 6.07 Å². The maximum absolute atomic E-state index is 14.0. The smallest absolute Gasteiger partial charge is 0.244 e. The summed E-state index contributed by atoms with van der Waals surface area (Å²) in [5.74, 6) is -2.59. The predicted molar refractivity (Wildman–Crippen MR) is 98.2 cm³/mol. The van der Waals surface area contributed by atoms with Crippen LogP contribution in [0.3, 0.4) is 0 Å². The molecule has 2 aromatic rings. The first-order valence-electron chi connectivity index (χ1n) is 8.51. The van der Waals surface area contributed by atoms with E-state index < -0.39 is 23.4 Å². The molecule has 0 aliphatic carbocycles. The number of benzene rings is 2. The molecule has 0 aliphatic heterocycles. The lowest BCUT2D eigenvalue weighted by molar-refractivity contribution is -0.120. The van der Waals surface area contributed by atoms with Crippen LogP contribution in [-0.4, -0.2) is 18.4 Å². The Morgan fingerprint density at radius 2 is 1.65 bits per heavy atom. The molecule has 0 fully saturated rings. The Morgan fingerprint density at radius 1 is 1.04 bits per heavy atom. The molecule has 6 heteroatoms. The molecule has 26 heavy (non-hydrogen) atoms. The van der Waals surface area contributed by atoms with E-state index in [4.69, 9.17) is 0 Å². The Morgan fingerprint density at radius 3 is 2.15 bits per heavy atom. The molecule has 0 saturated carbocycles. The minimum Gasteiger partial charge on any atom is -0.324 e. The van der Waals surface area contributed by atoms with Gasteiger partial charge in [-0.3, -0.25) is 9.59 Å². The van der Waals surface area contributed by atoms with E-state index in [-0.39, 0.29) is 12.2 Å². The van der Waals surface area contributed by atoms with Crippen LogP contribution in [0.2, 0.25) is 0 Å². The van der Waals surface area contributed by atoms with Gasteiger partial charge in [0.15, 0.2) is 0 Å². The number of amides is 2. The summed E-state index contributed by atoms with van der Waals surface area (Å²) in [4.78, 5) is 25.4. The molecule has 2 aromatic carbocycles. The minimum atomic E-state index is -0.892. The lowest BCUT2D eigenvalue weighted by atomic mass is 10.0. The van der Waals surface area contributed by atoms with Crippen molar-refractivity contribution in [2.24, 2.45) is 0 Å². The number of carbonyl (C=O) groups excluding carboxylic acids is 2. The molecule has 0 aromatic heterocycles. The molecule has 138 valence electrons. The van der Waals surface area contributed by atoms with Gasteiger partial charge in [0.25, 0.3) is 0 Å². The molecule has 1 N–H and O–H groups in total. The molecule has 0 saturated heterocycles. The Bertz CT molecular complexity index is 799. The van der Waals surface area contributed by atoms with Crippen molar-refractivity contribution in [2.75, 3.05) is 16.8 Å². The molecular weight excluding hydrogens is 338 g/mol. The summed E-state index contributed by atoms with van der Waals surface area (Å²) in [6.45, 7) is 4.84. The second kappa shape index (κ2) is 8.56. The van der Waals surface area contributed by atoms with Crippen molar-refractivity contribution in [2.45, 2.75) is 33.6 Å². The highest BCUT2D eigenvalue weighted by molar-refractivity contribution is 6.02. The van der Waals surface area contributed by atoms with Crippen molar-refractivity contribution in [3.63, 3.8) is 0 Å². The lowest BCUT2D eigenvalue weighted by Gasteiger charge is -2.22. The average Bonchev–Trinajstić information content (AvgIpc) is 2.60. The summed E-state index contributed by atoms with van der Waals surface area (Å²) in [5.41, 5.74) is 2.57. The van der Waals surface area contributed by atoms with E-state index in [0.717, 1.165) is 46.7 Å². The zero-order valence-corrected chi connectivity index (χ0v) is 15.1. The van der Waals surface area contributed by atoms with Crippen LogP contribution in [-0.2, 0) is 22.4 Å². The van der Waals surface area contributed by atoms with Gasteiger partial charge in [-0.2, -0.15) is 0 Å². The average molecular weight is 360 g/mol. The SMILES string of the molecule is CCc1cccc(CC)c1NC(=O)CN(C(C)=O)c1ccc(F)cc1F. The maximum atomic E-state index is 14.0. The highest BCUT2D eigenvalue weighted by atomic mass is 19.1. The third kappa shape index (κ3) is 4.45. The van der Waals surface area contributed by atoms with E-state index in [1.807, 2.05) is 32.0 Å². The van der Waals surface area contributed by atoms with Crippen molar-refractivity contribution in [3.05, 3.63) is 59.2 Å². The van der Waals surface area contributed by atoms with Gasteiger partial charge >= 0.3 is 0 Å². The van der Waals surface area contributed by atoms with Gasteiger partial charge in [0, 0.05) is 18.7 Å². The Balaban J connectivity index is 2.26. The van der Waals surface area contributed by atoms with Crippen molar-refractivity contribution in [1.29, 1.82) is 0 Å². The number of halogens is 2. The molecular formula is C20H22F2N2O2. The zero-order valence-electron chi connectivity index (χ0n) is 15.1. The Labute approximate surface area is 151 Å². The lowest BCUT2D eigenvalue weighted by Crippen LogP contribution is -2.37. The summed E-state index contributed by atoms with van der Waals surface area (Å²) in [5, 5.41) is 2.84. The predicted octanol–water partition coefficient (Wildman–Crippen LogP) is 4.08. The van der Waals surface area contributed by atoms with Gasteiger partial charge in [-0.25, -0.2) is 8.78 Å². The van der Waals surface area contributed by atoms with Gasteiger partial charge in [-0.05, 0) is 36.1 Å². The number of rotatable bonds is 6. The van der Waals surface area contributed by atoms with Gasteiger partial charge in [0.1, 0.15) is 18.2 Å². The minimum absolute atomic E-state index is 0.131. The van der Waals surface area contributed by atoms with E-state index in [2.05, 4.69) is 5.32 Å². The van der Waals surface area contributed by atoms with Crippen LogP contribution in [0, 0.1) is 11.6 Å². The van der Waals surface area contributed by atoms with E-state index in [9.17, 15) is 18.4 Å². The van der Waals surface area contributed by atoms with E-state index >= 15 is 0 Å². The quantitative estimate of drug-likeness (QED) is 0.844. The van der Waals surface area contributed by atoms with Crippen molar-refractivity contribution in [1.82, 2.24) is 0 Å². The van der Waals surface area contributed by atoms with Crippen molar-refractivity contribution >= 4 is 23.2 Å². The first kappa shape index (κ1) is 19.6. The summed E-state index contributed by atoms with van der Waals surface area (Å²) in [6, 6.07) is 8.67. The van der Waals surface area contributed by atoms with Gasteiger partial charge in [-0.15, -0.1) is 0 Å². The van der Waals surface area contributed by atoms with Crippen LogP contribution >= 0.6 is 0 Å². The van der Waals surface area contributed by atoms with Gasteiger partial charge in [0.2, 0.25) is 11.8 Å². The first-order chi connectivity index (χ1) is 12.4. The number of hydrogen-bond donors (Lipinski definition) is 1. The van der Waals surface area contributed by atoms with Gasteiger partial charge in [-0.1, -0.05) is 32.0 Å². The topological polar surface area (TPSA) is 49.4 Å². The number of anilines is 2. The fourth-order valence-corrected chi connectivity index (χ4v) is 2.79. The van der Waals surface area contributed by atoms with E-state index in [1.165, 1.54) is 6.92 Å². The molecule has 0 aliphatic rings. The molecule has 2 amide bonds. The summed E-state index contributed by atoms with van der Waals surface area (Å²) < 4.78 is 27.1.